The van der Waals surface area contributed by atoms with Gasteiger partial charge in [0.2, 0.25) is 0 Å². The van der Waals surface area contributed by atoms with Crippen molar-refractivity contribution in [3.63, 3.8) is 0 Å². The van der Waals surface area contributed by atoms with Gasteiger partial charge in [0.05, 0.1) is 0 Å². The Morgan fingerprint density at radius 3 is 1.38 bits per heavy atom. The maximum atomic E-state index is 5.59. The molecule has 0 N–H and O–H groups in total. The van der Waals surface area contributed by atoms with Crippen molar-refractivity contribution in [3.8, 4) is 0 Å². The fourth-order valence-corrected chi connectivity index (χ4v) is 2.02. The molecule has 0 rings (SSSR count). The van der Waals surface area contributed by atoms with Gasteiger partial charge in [-0.05, 0) is 58.8 Å². The van der Waals surface area contributed by atoms with E-state index in [1.807, 2.05) is 13.8 Å². The van der Waals surface area contributed by atoms with E-state index in [0.29, 0.717) is 0 Å². The summed E-state index contributed by atoms with van der Waals surface area (Å²) in [5.41, 5.74) is 0. The van der Waals surface area contributed by atoms with Gasteiger partial charge in [0.25, 0.3) is 0 Å². The van der Waals surface area contributed by atoms with Crippen LogP contribution in [0.25, 0.3) is 0 Å². The van der Waals surface area contributed by atoms with Crippen molar-refractivity contribution in [1.29, 1.82) is 0 Å². The van der Waals surface area contributed by atoms with Gasteiger partial charge in [-0.15, -0.1) is 0 Å². The monoisotopic (exact) mass is 347 g/mol. The first kappa shape index (κ1) is 23.8. The summed E-state index contributed by atoms with van der Waals surface area (Å²) >= 11 is 0. The lowest BCUT2D eigenvalue weighted by atomic mass is 10.2. The maximum absolute atomic E-state index is 5.59. The van der Waals surface area contributed by atoms with Crippen molar-refractivity contribution in [1.82, 2.24) is 0 Å². The Balaban J connectivity index is 2.93. The van der Waals surface area contributed by atoms with Gasteiger partial charge in [-0.25, -0.2) is 0 Å². The first-order chi connectivity index (χ1) is 11.9. The Labute approximate surface area is 149 Å². The molecule has 5 nitrogen and oxygen atoms in total. The van der Waals surface area contributed by atoms with Gasteiger partial charge >= 0.3 is 0 Å². The van der Waals surface area contributed by atoms with Gasteiger partial charge in [0, 0.05) is 66.1 Å². The van der Waals surface area contributed by atoms with Crippen molar-refractivity contribution in [2.75, 3.05) is 66.1 Å². The Morgan fingerprint density at radius 2 is 0.875 bits per heavy atom. The molecule has 0 aromatic rings. The molecule has 0 aliphatic carbocycles. The molecule has 0 heterocycles. The standard InChI is InChI=1S/C19H39O5/c1-3-20-14-9-16-22-12-7-5-6-8-13-23-18-11-19-24-17-10-15-21-4-2/h5H,3-4,6-19H2,1-2H3. The number of hydrogen-bond donors (Lipinski definition) is 0. The van der Waals surface area contributed by atoms with Gasteiger partial charge < -0.3 is 23.7 Å². The average molecular weight is 348 g/mol. The summed E-state index contributed by atoms with van der Waals surface area (Å²) < 4.78 is 27.1. The third kappa shape index (κ3) is 21.8. The second kappa shape index (κ2) is 22.8. The molecular weight excluding hydrogens is 308 g/mol. The van der Waals surface area contributed by atoms with Crippen molar-refractivity contribution < 1.29 is 23.7 Å². The van der Waals surface area contributed by atoms with Crippen molar-refractivity contribution in [2.45, 2.75) is 52.4 Å². The highest BCUT2D eigenvalue weighted by atomic mass is 16.5. The highest BCUT2D eigenvalue weighted by Gasteiger charge is 1.94. The normalized spacial score (nSPS) is 11.2. The molecule has 0 aromatic heterocycles. The van der Waals surface area contributed by atoms with Gasteiger partial charge in [0.1, 0.15) is 0 Å². The highest BCUT2D eigenvalue weighted by Crippen LogP contribution is 2.00. The van der Waals surface area contributed by atoms with Crippen LogP contribution < -0.4 is 0 Å². The quantitative estimate of drug-likeness (QED) is 0.297. The smallest absolute Gasteiger partial charge is 0.0488 e. The molecule has 145 valence electrons. The maximum Gasteiger partial charge on any atom is 0.0488 e. The minimum atomic E-state index is 0.777. The molecule has 0 unspecified atom stereocenters. The van der Waals surface area contributed by atoms with E-state index in [1.165, 1.54) is 0 Å². The predicted octanol–water partition coefficient (Wildman–Crippen LogP) is 3.65. The molecule has 0 atom stereocenters. The lowest BCUT2D eigenvalue weighted by Crippen LogP contribution is -2.05. The topological polar surface area (TPSA) is 46.2 Å². The number of ether oxygens (including phenoxy) is 5. The summed E-state index contributed by atoms with van der Waals surface area (Å²) in [7, 11) is 0. The molecule has 0 aliphatic rings. The van der Waals surface area contributed by atoms with Crippen LogP contribution in [-0.4, -0.2) is 66.1 Å². The molecule has 0 saturated heterocycles. The highest BCUT2D eigenvalue weighted by molar-refractivity contribution is 4.63. The van der Waals surface area contributed by atoms with E-state index in [1.54, 1.807) is 0 Å². The molecule has 1 radical (unpaired) electrons. The third-order valence-electron chi connectivity index (χ3n) is 3.30. The van der Waals surface area contributed by atoms with Crippen molar-refractivity contribution in [2.24, 2.45) is 0 Å². The van der Waals surface area contributed by atoms with Crippen LogP contribution in [0.2, 0.25) is 0 Å². The van der Waals surface area contributed by atoms with Crippen LogP contribution in [0.3, 0.4) is 0 Å². The molecule has 0 saturated carbocycles. The molecule has 0 fully saturated rings. The van der Waals surface area contributed by atoms with E-state index >= 15 is 0 Å². The van der Waals surface area contributed by atoms with Crippen LogP contribution in [0, 0.1) is 6.42 Å². The summed E-state index contributed by atoms with van der Waals surface area (Å²) in [6, 6.07) is 0. The summed E-state index contributed by atoms with van der Waals surface area (Å²) in [5.74, 6) is 0. The zero-order chi connectivity index (χ0) is 17.6. The van der Waals surface area contributed by atoms with Gasteiger partial charge in [-0.3, -0.25) is 0 Å². The van der Waals surface area contributed by atoms with Crippen LogP contribution in [-0.2, 0) is 23.7 Å². The Bertz CT molecular complexity index is 192. The fourth-order valence-electron chi connectivity index (χ4n) is 2.02. The first-order valence-corrected chi connectivity index (χ1v) is 9.62. The van der Waals surface area contributed by atoms with Crippen LogP contribution in [0.5, 0.6) is 0 Å². The van der Waals surface area contributed by atoms with Crippen LogP contribution >= 0.6 is 0 Å². The molecule has 5 heteroatoms. The van der Waals surface area contributed by atoms with E-state index in [0.717, 1.165) is 105 Å². The summed E-state index contributed by atoms with van der Waals surface area (Å²) in [5, 5.41) is 0. The molecule has 0 aliphatic heterocycles. The summed E-state index contributed by atoms with van der Waals surface area (Å²) in [4.78, 5) is 0. The SMILES string of the molecule is CCOCCCOCC[CH]CCCOCCCOCCCOCC. The number of rotatable bonds is 21. The van der Waals surface area contributed by atoms with Crippen LogP contribution in [0.1, 0.15) is 52.4 Å². The van der Waals surface area contributed by atoms with Gasteiger partial charge in [-0.1, -0.05) is 0 Å². The third-order valence-corrected chi connectivity index (χ3v) is 3.30. The van der Waals surface area contributed by atoms with Crippen LogP contribution in [0.15, 0.2) is 0 Å². The average Bonchev–Trinajstić information content (AvgIpc) is 2.60. The molecule has 0 bridgehead atoms. The second-order valence-corrected chi connectivity index (χ2v) is 5.51. The lowest BCUT2D eigenvalue weighted by Gasteiger charge is -2.06. The Kier molecular flexibility index (Phi) is 22.6. The minimum absolute atomic E-state index is 0.777. The molecule has 0 spiro atoms. The van der Waals surface area contributed by atoms with Gasteiger partial charge in [-0.2, -0.15) is 0 Å². The van der Waals surface area contributed by atoms with Gasteiger partial charge in [0.15, 0.2) is 0 Å². The minimum Gasteiger partial charge on any atom is -0.382 e. The zero-order valence-corrected chi connectivity index (χ0v) is 15.9. The molecular formula is C19H39O5. The van der Waals surface area contributed by atoms with E-state index < -0.39 is 0 Å². The Morgan fingerprint density at radius 1 is 0.458 bits per heavy atom. The molecule has 0 aromatic carbocycles. The van der Waals surface area contributed by atoms with Crippen LogP contribution in [0.4, 0.5) is 0 Å². The first-order valence-electron chi connectivity index (χ1n) is 9.62. The van der Waals surface area contributed by atoms with E-state index in [4.69, 9.17) is 23.7 Å². The lowest BCUT2D eigenvalue weighted by molar-refractivity contribution is 0.0650. The van der Waals surface area contributed by atoms with Crippen molar-refractivity contribution in [3.05, 3.63) is 6.42 Å². The van der Waals surface area contributed by atoms with E-state index in [9.17, 15) is 0 Å². The molecule has 0 amide bonds. The largest absolute Gasteiger partial charge is 0.382 e. The predicted molar refractivity (Wildman–Crippen MR) is 97.4 cm³/mol. The van der Waals surface area contributed by atoms with E-state index in [-0.39, 0.29) is 0 Å². The van der Waals surface area contributed by atoms with E-state index in [2.05, 4.69) is 6.42 Å². The molecule has 24 heavy (non-hydrogen) atoms. The van der Waals surface area contributed by atoms with Crippen molar-refractivity contribution >= 4 is 0 Å². The summed E-state index contributed by atoms with van der Waals surface area (Å²) in [6.45, 7) is 12.0. The number of unbranched alkanes of at least 4 members (excludes halogenated alkanes) is 3. The number of hydrogen-bond acceptors (Lipinski definition) is 5. The fraction of sp³-hybridized carbons (Fsp3) is 0.947. The Hall–Kier alpha value is -0.200. The zero-order valence-electron chi connectivity index (χ0n) is 15.9. The second-order valence-electron chi connectivity index (χ2n) is 5.51. The summed E-state index contributed by atoms with van der Waals surface area (Å²) in [6.07, 6.45) is 8.40.